The molecule has 28 heavy (non-hydrogen) atoms. The molecule has 2 aromatic carbocycles. The van der Waals surface area contributed by atoms with Gasteiger partial charge in [0.05, 0.1) is 23.4 Å². The average molecular weight is 459 g/mol. The molecule has 1 N–H and O–H groups in total. The molecule has 0 aliphatic carbocycles. The number of halogens is 1. The van der Waals surface area contributed by atoms with E-state index in [0.29, 0.717) is 11.3 Å². The number of carbonyl (C=O) groups is 2. The number of hydrogen-bond acceptors (Lipinski definition) is 5. The van der Waals surface area contributed by atoms with Crippen LogP contribution in [-0.2, 0) is 0 Å². The van der Waals surface area contributed by atoms with Crippen molar-refractivity contribution < 1.29 is 18.7 Å². The normalized spacial score (nSPS) is 15.9. The molecule has 4 rings (SSSR count). The Kier molecular flexibility index (Phi) is 5.15. The largest absolute Gasteiger partial charge is 0.496 e. The molecule has 8 heteroatoms. The van der Waals surface area contributed by atoms with Crippen LogP contribution in [-0.4, -0.2) is 23.9 Å². The van der Waals surface area contributed by atoms with Crippen molar-refractivity contribution in [3.8, 4) is 5.75 Å². The van der Waals surface area contributed by atoms with E-state index >= 15 is 0 Å². The molecule has 3 aromatic rings. The number of nitrogens with one attached hydrogen (secondary N) is 1. The van der Waals surface area contributed by atoms with Crippen LogP contribution in [0.3, 0.4) is 0 Å². The summed E-state index contributed by atoms with van der Waals surface area (Å²) in [5.41, 5.74) is 4.06. The van der Waals surface area contributed by atoms with E-state index in [2.05, 4.69) is 21.4 Å². The molecule has 0 fully saturated rings. The third-order valence-electron chi connectivity index (χ3n) is 4.24. The topological polar surface area (TPSA) is 71.8 Å². The van der Waals surface area contributed by atoms with Gasteiger partial charge in [-0.15, -0.1) is 0 Å². The molecule has 2 amide bonds. The van der Waals surface area contributed by atoms with Gasteiger partial charge in [-0.2, -0.15) is 0 Å². The number of nitrogens with zero attached hydrogens (tertiary/aromatic N) is 1. The van der Waals surface area contributed by atoms with Crippen LogP contribution >= 0.6 is 27.7 Å². The van der Waals surface area contributed by atoms with Gasteiger partial charge in [-0.3, -0.25) is 15.0 Å². The van der Waals surface area contributed by atoms with Gasteiger partial charge < -0.3 is 9.15 Å². The Labute approximate surface area is 174 Å². The lowest BCUT2D eigenvalue weighted by Gasteiger charge is -2.35. The maximum Gasteiger partial charge on any atom is 0.305 e. The van der Waals surface area contributed by atoms with Gasteiger partial charge in [-0.25, -0.2) is 5.01 Å². The number of ether oxygens (including phenoxy) is 1. The van der Waals surface area contributed by atoms with Gasteiger partial charge in [0, 0.05) is 4.90 Å². The van der Waals surface area contributed by atoms with E-state index in [0.717, 1.165) is 14.9 Å². The summed E-state index contributed by atoms with van der Waals surface area (Å²) < 4.78 is 11.2. The fourth-order valence-electron chi connectivity index (χ4n) is 2.89. The van der Waals surface area contributed by atoms with E-state index < -0.39 is 11.3 Å². The van der Waals surface area contributed by atoms with Crippen LogP contribution in [0, 0.1) is 0 Å². The van der Waals surface area contributed by atoms with Crippen molar-refractivity contribution in [3.05, 3.63) is 82.2 Å². The molecule has 0 saturated heterocycles. The smallest absolute Gasteiger partial charge is 0.305 e. The highest BCUT2D eigenvalue weighted by Gasteiger charge is 2.36. The number of rotatable bonds is 4. The highest BCUT2D eigenvalue weighted by Crippen LogP contribution is 2.45. The van der Waals surface area contributed by atoms with Crippen molar-refractivity contribution >= 4 is 39.5 Å². The summed E-state index contributed by atoms with van der Waals surface area (Å²) in [4.78, 5) is 26.5. The van der Waals surface area contributed by atoms with E-state index in [9.17, 15) is 9.59 Å². The number of furan rings is 1. The average Bonchev–Trinajstić information content (AvgIpc) is 3.25. The molecular formula is C20H15BrN2O4S. The van der Waals surface area contributed by atoms with Crippen molar-refractivity contribution in [1.29, 1.82) is 0 Å². The summed E-state index contributed by atoms with van der Waals surface area (Å²) in [5.74, 6) is 0.0379. The molecule has 0 saturated carbocycles. The first-order valence-corrected chi connectivity index (χ1v) is 10.0. The van der Waals surface area contributed by atoms with Crippen molar-refractivity contribution in [1.82, 2.24) is 10.4 Å². The first-order valence-electron chi connectivity index (χ1n) is 8.35. The predicted octanol–water partition coefficient (Wildman–Crippen LogP) is 4.64. The van der Waals surface area contributed by atoms with E-state index in [1.165, 1.54) is 23.0 Å². The zero-order valence-corrected chi connectivity index (χ0v) is 17.1. The van der Waals surface area contributed by atoms with Gasteiger partial charge in [-0.05, 0) is 57.9 Å². The minimum absolute atomic E-state index is 0.131. The van der Waals surface area contributed by atoms with Crippen LogP contribution in [0.5, 0.6) is 5.75 Å². The van der Waals surface area contributed by atoms with Crippen LogP contribution in [0.1, 0.15) is 31.9 Å². The van der Waals surface area contributed by atoms with Crippen LogP contribution in [0.25, 0.3) is 0 Å². The molecule has 2 heterocycles. The number of fused-ring (bicyclic) bond motifs is 1. The number of amides is 2. The Morgan fingerprint density at radius 1 is 1.21 bits per heavy atom. The summed E-state index contributed by atoms with van der Waals surface area (Å²) in [6.07, 6.45) is 1.41. The third-order valence-corrected chi connectivity index (χ3v) is 6.17. The minimum Gasteiger partial charge on any atom is -0.496 e. The first-order chi connectivity index (χ1) is 13.6. The molecular weight excluding hydrogens is 444 g/mol. The Bertz CT molecular complexity index is 1040. The maximum atomic E-state index is 13.1. The Hall–Kier alpha value is -2.71. The van der Waals surface area contributed by atoms with Gasteiger partial charge >= 0.3 is 5.91 Å². The van der Waals surface area contributed by atoms with Crippen molar-refractivity contribution in [3.63, 3.8) is 0 Å². The van der Waals surface area contributed by atoms with E-state index in [-0.39, 0.29) is 11.7 Å². The molecule has 6 nitrogen and oxygen atoms in total. The third kappa shape index (κ3) is 3.41. The molecule has 0 bridgehead atoms. The zero-order valence-electron chi connectivity index (χ0n) is 14.7. The Morgan fingerprint density at radius 3 is 2.75 bits per heavy atom. The Balaban J connectivity index is 1.73. The van der Waals surface area contributed by atoms with Crippen molar-refractivity contribution in [2.24, 2.45) is 0 Å². The fraction of sp³-hybridized carbons (Fsp3) is 0.100. The number of benzene rings is 2. The second-order valence-electron chi connectivity index (χ2n) is 5.95. The molecule has 1 aliphatic heterocycles. The first kappa shape index (κ1) is 18.6. The lowest BCUT2D eigenvalue weighted by atomic mass is 10.1. The molecule has 142 valence electrons. The number of hydrazine groups is 1. The van der Waals surface area contributed by atoms with Gasteiger partial charge in [0.1, 0.15) is 11.1 Å². The lowest BCUT2D eigenvalue weighted by molar-refractivity contribution is 0.0536. The monoisotopic (exact) mass is 458 g/mol. The highest BCUT2D eigenvalue weighted by molar-refractivity contribution is 9.10. The van der Waals surface area contributed by atoms with E-state index in [1.54, 1.807) is 31.4 Å². The zero-order chi connectivity index (χ0) is 19.7. The minimum atomic E-state index is -0.490. The molecule has 1 atom stereocenters. The summed E-state index contributed by atoms with van der Waals surface area (Å²) >= 11 is 4.96. The van der Waals surface area contributed by atoms with Gasteiger partial charge in [0.15, 0.2) is 5.76 Å². The van der Waals surface area contributed by atoms with E-state index in [1.807, 2.05) is 30.3 Å². The summed E-state index contributed by atoms with van der Waals surface area (Å²) in [6.45, 7) is 0. The summed E-state index contributed by atoms with van der Waals surface area (Å²) in [7, 11) is 1.59. The van der Waals surface area contributed by atoms with Crippen LogP contribution in [0.4, 0.5) is 0 Å². The molecule has 0 radical (unpaired) electrons. The van der Waals surface area contributed by atoms with Crippen LogP contribution in [0.15, 0.2) is 74.6 Å². The molecule has 1 aromatic heterocycles. The number of thioether (sulfide) groups is 1. The highest BCUT2D eigenvalue weighted by atomic mass is 79.9. The van der Waals surface area contributed by atoms with Crippen LogP contribution in [0.2, 0.25) is 0 Å². The van der Waals surface area contributed by atoms with E-state index in [4.69, 9.17) is 9.15 Å². The summed E-state index contributed by atoms with van der Waals surface area (Å²) in [5, 5.41) is 0.884. The molecule has 1 unspecified atom stereocenters. The standard InChI is InChI=1S/C20H15BrN2O4S/c1-26-15-9-8-12(11-14(15)21)20-23(22-18(24)16-6-4-10-27-16)19(25)13-5-2-3-7-17(13)28-20/h2-11,20H,1H3,(H,22,24). The maximum absolute atomic E-state index is 13.1. The molecule has 0 spiro atoms. The lowest BCUT2D eigenvalue weighted by Crippen LogP contribution is -2.49. The second kappa shape index (κ2) is 7.73. The van der Waals surface area contributed by atoms with Crippen molar-refractivity contribution in [2.45, 2.75) is 10.3 Å². The number of carbonyl (C=O) groups excluding carboxylic acids is 2. The van der Waals surface area contributed by atoms with Gasteiger partial charge in [0.2, 0.25) is 0 Å². The SMILES string of the molecule is COc1ccc(C2Sc3ccccc3C(=O)N2NC(=O)c2ccco2)cc1Br. The quantitative estimate of drug-likeness (QED) is 0.616. The van der Waals surface area contributed by atoms with Crippen molar-refractivity contribution in [2.75, 3.05) is 7.11 Å². The van der Waals surface area contributed by atoms with Crippen LogP contribution < -0.4 is 10.2 Å². The van der Waals surface area contributed by atoms with Gasteiger partial charge in [-0.1, -0.05) is 30.0 Å². The number of methoxy groups -OCH3 is 1. The predicted molar refractivity (Wildman–Crippen MR) is 108 cm³/mol. The Morgan fingerprint density at radius 2 is 2.04 bits per heavy atom. The second-order valence-corrected chi connectivity index (χ2v) is 7.93. The fourth-order valence-corrected chi connectivity index (χ4v) is 4.67. The summed E-state index contributed by atoms with van der Waals surface area (Å²) in [6, 6.07) is 16.1. The number of hydrogen-bond donors (Lipinski definition) is 1. The molecule has 1 aliphatic rings. The van der Waals surface area contributed by atoms with Gasteiger partial charge in [0.25, 0.3) is 5.91 Å².